The van der Waals surface area contributed by atoms with E-state index in [9.17, 15) is 4.79 Å². The van der Waals surface area contributed by atoms with Crippen molar-refractivity contribution < 1.29 is 9.53 Å². The number of carbonyl (C=O) groups is 1. The molecule has 0 unspecified atom stereocenters. The Balaban J connectivity index is 1.69. The van der Waals surface area contributed by atoms with Gasteiger partial charge in [-0.05, 0) is 44.3 Å². The molecule has 19 heavy (non-hydrogen) atoms. The summed E-state index contributed by atoms with van der Waals surface area (Å²) in [6.45, 7) is 2.96. The van der Waals surface area contributed by atoms with Crippen LogP contribution in [0.5, 0.6) is 0 Å². The number of amides is 1. The smallest absolute Gasteiger partial charge is 0.404 e. The fourth-order valence-corrected chi connectivity index (χ4v) is 2.63. The van der Waals surface area contributed by atoms with Gasteiger partial charge in [0.25, 0.3) is 0 Å². The van der Waals surface area contributed by atoms with Crippen LogP contribution in [0.4, 0.5) is 4.79 Å². The van der Waals surface area contributed by atoms with Crippen LogP contribution in [0, 0.1) is 0 Å². The monoisotopic (exact) mass is 262 g/mol. The lowest BCUT2D eigenvalue weighted by Gasteiger charge is -2.31. The zero-order chi connectivity index (χ0) is 13.5. The van der Waals surface area contributed by atoms with Crippen LogP contribution < -0.4 is 5.73 Å². The first-order valence-corrected chi connectivity index (χ1v) is 6.96. The molecule has 1 saturated heterocycles. The van der Waals surface area contributed by atoms with Crippen molar-refractivity contribution in [3.8, 4) is 0 Å². The number of likely N-dealkylation sites (tertiary alicyclic amines) is 1. The molecule has 1 aromatic carbocycles. The summed E-state index contributed by atoms with van der Waals surface area (Å²) in [6.07, 6.45) is 3.55. The number of carbonyl (C=O) groups excluding carboxylic acids is 1. The maximum Gasteiger partial charge on any atom is 0.404 e. The highest BCUT2D eigenvalue weighted by molar-refractivity contribution is 5.64. The van der Waals surface area contributed by atoms with Gasteiger partial charge in [0, 0.05) is 6.54 Å². The summed E-state index contributed by atoms with van der Waals surface area (Å²) < 4.78 is 5.08. The van der Waals surface area contributed by atoms with Gasteiger partial charge in [0.05, 0.1) is 0 Å². The average molecular weight is 262 g/mol. The normalized spacial score (nSPS) is 20.1. The number of rotatable bonds is 5. The zero-order valence-electron chi connectivity index (χ0n) is 11.3. The molecule has 0 aliphatic carbocycles. The minimum atomic E-state index is -0.656. The third kappa shape index (κ3) is 4.91. The van der Waals surface area contributed by atoms with Gasteiger partial charge >= 0.3 is 6.09 Å². The van der Waals surface area contributed by atoms with Crippen LogP contribution in [-0.2, 0) is 11.2 Å². The van der Waals surface area contributed by atoms with E-state index in [0.29, 0.717) is 0 Å². The van der Waals surface area contributed by atoms with Crippen molar-refractivity contribution in [1.29, 1.82) is 0 Å². The lowest BCUT2D eigenvalue weighted by atomic mass is 10.1. The number of benzene rings is 1. The van der Waals surface area contributed by atoms with Crippen molar-refractivity contribution in [2.45, 2.75) is 31.8 Å². The molecule has 1 aliphatic rings. The molecule has 2 N–H and O–H groups in total. The standard InChI is InChI=1S/C15H22N2O2/c16-15(18)19-14-9-5-11-17(12-14)10-4-8-13-6-2-1-3-7-13/h1-3,6-7,14H,4-5,8-12H2,(H2,16,18)/t14-/m1/s1. The van der Waals surface area contributed by atoms with E-state index in [-0.39, 0.29) is 6.10 Å². The van der Waals surface area contributed by atoms with Crippen LogP contribution in [-0.4, -0.2) is 36.7 Å². The van der Waals surface area contributed by atoms with Crippen LogP contribution in [0.3, 0.4) is 0 Å². The molecule has 0 aromatic heterocycles. The van der Waals surface area contributed by atoms with E-state index >= 15 is 0 Å². The van der Waals surface area contributed by atoms with Crippen molar-refractivity contribution in [2.24, 2.45) is 5.73 Å². The predicted octanol–water partition coefficient (Wildman–Crippen LogP) is 2.18. The second-order valence-electron chi connectivity index (χ2n) is 5.09. The highest BCUT2D eigenvalue weighted by atomic mass is 16.6. The molecule has 4 heteroatoms. The van der Waals surface area contributed by atoms with Gasteiger partial charge in [0.2, 0.25) is 0 Å². The summed E-state index contributed by atoms with van der Waals surface area (Å²) in [5.74, 6) is 0. The molecule has 0 bridgehead atoms. The summed E-state index contributed by atoms with van der Waals surface area (Å²) in [5, 5.41) is 0. The lowest BCUT2D eigenvalue weighted by molar-refractivity contribution is 0.0471. The Morgan fingerprint density at radius 3 is 2.89 bits per heavy atom. The molecule has 2 rings (SSSR count). The molecular formula is C15H22N2O2. The molecule has 1 heterocycles. The first kappa shape index (κ1) is 13.9. The molecule has 1 aromatic rings. The van der Waals surface area contributed by atoms with Gasteiger partial charge in [-0.1, -0.05) is 30.3 Å². The Morgan fingerprint density at radius 2 is 2.16 bits per heavy atom. The lowest BCUT2D eigenvalue weighted by Crippen LogP contribution is -2.41. The first-order valence-electron chi connectivity index (χ1n) is 6.96. The van der Waals surface area contributed by atoms with E-state index in [1.54, 1.807) is 0 Å². The number of nitrogens with two attached hydrogens (primary N) is 1. The van der Waals surface area contributed by atoms with Gasteiger partial charge in [0.1, 0.15) is 6.10 Å². The summed E-state index contributed by atoms with van der Waals surface area (Å²) in [5.41, 5.74) is 6.44. The summed E-state index contributed by atoms with van der Waals surface area (Å²) in [7, 11) is 0. The summed E-state index contributed by atoms with van der Waals surface area (Å²) in [4.78, 5) is 13.1. The second-order valence-corrected chi connectivity index (χ2v) is 5.09. The third-order valence-electron chi connectivity index (χ3n) is 3.53. The van der Waals surface area contributed by atoms with Crippen molar-refractivity contribution in [3.05, 3.63) is 35.9 Å². The fraction of sp³-hybridized carbons (Fsp3) is 0.533. The Labute approximate surface area is 114 Å². The number of nitrogens with zero attached hydrogens (tertiary/aromatic N) is 1. The number of piperidine rings is 1. The largest absolute Gasteiger partial charge is 0.445 e. The number of ether oxygens (including phenoxy) is 1. The van der Waals surface area contributed by atoms with Crippen LogP contribution in [0.1, 0.15) is 24.8 Å². The summed E-state index contributed by atoms with van der Waals surface area (Å²) in [6, 6.07) is 10.5. The second kappa shape index (κ2) is 7.14. The zero-order valence-corrected chi connectivity index (χ0v) is 11.3. The highest BCUT2D eigenvalue weighted by Crippen LogP contribution is 2.14. The SMILES string of the molecule is NC(=O)O[C@@H]1CCCN(CCCc2ccccc2)C1. The molecule has 1 fully saturated rings. The Kier molecular flexibility index (Phi) is 5.21. The Bertz CT molecular complexity index is 394. The minimum Gasteiger partial charge on any atom is -0.445 e. The van der Waals surface area contributed by atoms with E-state index in [1.165, 1.54) is 5.56 Å². The number of primary amides is 1. The molecule has 0 spiro atoms. The van der Waals surface area contributed by atoms with Crippen LogP contribution in [0.25, 0.3) is 0 Å². The third-order valence-corrected chi connectivity index (χ3v) is 3.53. The quantitative estimate of drug-likeness (QED) is 0.885. The van der Waals surface area contributed by atoms with Crippen molar-refractivity contribution >= 4 is 6.09 Å². The van der Waals surface area contributed by atoms with Gasteiger partial charge < -0.3 is 10.5 Å². The van der Waals surface area contributed by atoms with Gasteiger partial charge in [-0.2, -0.15) is 0 Å². The molecule has 0 saturated carbocycles. The number of hydrogen-bond donors (Lipinski definition) is 1. The van der Waals surface area contributed by atoms with Crippen molar-refractivity contribution in [1.82, 2.24) is 4.90 Å². The van der Waals surface area contributed by atoms with Gasteiger partial charge in [-0.3, -0.25) is 4.90 Å². The van der Waals surface area contributed by atoms with E-state index in [0.717, 1.165) is 45.3 Å². The first-order chi connectivity index (χ1) is 9.24. The Morgan fingerprint density at radius 1 is 1.37 bits per heavy atom. The number of aryl methyl sites for hydroxylation is 1. The van der Waals surface area contributed by atoms with Gasteiger partial charge in [-0.25, -0.2) is 4.79 Å². The highest BCUT2D eigenvalue weighted by Gasteiger charge is 2.21. The topological polar surface area (TPSA) is 55.6 Å². The minimum absolute atomic E-state index is 0.0250. The number of hydrogen-bond acceptors (Lipinski definition) is 3. The van der Waals surface area contributed by atoms with Crippen molar-refractivity contribution in [2.75, 3.05) is 19.6 Å². The van der Waals surface area contributed by atoms with E-state index < -0.39 is 6.09 Å². The molecule has 1 aliphatic heterocycles. The molecule has 104 valence electrons. The van der Waals surface area contributed by atoms with E-state index in [2.05, 4.69) is 29.2 Å². The van der Waals surface area contributed by atoms with Crippen molar-refractivity contribution in [3.63, 3.8) is 0 Å². The maximum absolute atomic E-state index is 10.8. The van der Waals surface area contributed by atoms with Crippen LogP contribution >= 0.6 is 0 Å². The van der Waals surface area contributed by atoms with Gasteiger partial charge in [-0.15, -0.1) is 0 Å². The molecule has 0 radical (unpaired) electrons. The Hall–Kier alpha value is -1.55. The van der Waals surface area contributed by atoms with E-state index in [1.807, 2.05) is 6.07 Å². The predicted molar refractivity (Wildman–Crippen MR) is 74.9 cm³/mol. The van der Waals surface area contributed by atoms with E-state index in [4.69, 9.17) is 10.5 Å². The molecule has 1 atom stereocenters. The van der Waals surface area contributed by atoms with Gasteiger partial charge in [0.15, 0.2) is 0 Å². The maximum atomic E-state index is 10.8. The molecule has 4 nitrogen and oxygen atoms in total. The van der Waals surface area contributed by atoms with Crippen LogP contribution in [0.2, 0.25) is 0 Å². The fourth-order valence-electron chi connectivity index (χ4n) is 2.63. The molecular weight excluding hydrogens is 240 g/mol. The summed E-state index contributed by atoms with van der Waals surface area (Å²) >= 11 is 0. The van der Waals surface area contributed by atoms with Crippen LogP contribution in [0.15, 0.2) is 30.3 Å². The molecule has 1 amide bonds. The average Bonchev–Trinajstić information content (AvgIpc) is 2.40.